The van der Waals surface area contributed by atoms with Gasteiger partial charge in [-0.05, 0) is 42.7 Å². The molecule has 5 rings (SSSR count). The Morgan fingerprint density at radius 2 is 2.08 bits per heavy atom. The second-order valence-electron chi connectivity index (χ2n) is 8.79. The molecule has 2 aromatic carbocycles. The molecule has 9 nitrogen and oxygen atoms in total. The number of Topliss-reactive ketones (excluding diaryl/α,β-unsaturated/α-hetero) is 1. The van der Waals surface area contributed by atoms with Crippen LogP contribution in [0.1, 0.15) is 30.7 Å². The fourth-order valence-electron chi connectivity index (χ4n) is 4.67. The average molecular weight is 563 g/mol. The van der Waals surface area contributed by atoms with E-state index in [0.29, 0.717) is 57.0 Å². The van der Waals surface area contributed by atoms with Gasteiger partial charge in [0.2, 0.25) is 11.0 Å². The van der Waals surface area contributed by atoms with Crippen molar-refractivity contribution in [1.29, 1.82) is 5.26 Å². The number of carbonyl (C=O) groups excluding carboxylic acids is 2. The van der Waals surface area contributed by atoms with Crippen molar-refractivity contribution < 1.29 is 18.7 Å². The van der Waals surface area contributed by atoms with Crippen molar-refractivity contribution in [2.24, 2.45) is 5.73 Å². The van der Waals surface area contributed by atoms with Crippen LogP contribution in [0.4, 0.5) is 15.2 Å². The number of nitrogens with two attached hydrogens (primary N) is 1. The number of halogens is 1. The summed E-state index contributed by atoms with van der Waals surface area (Å²) in [6, 6.07) is 15.0. The number of anilines is 2. The van der Waals surface area contributed by atoms with Gasteiger partial charge in [0, 0.05) is 29.4 Å². The first kappa shape index (κ1) is 26.4. The molecule has 0 fully saturated rings. The number of hydrogen-bond donors (Lipinski definition) is 2. The highest BCUT2D eigenvalue weighted by atomic mass is 32.2. The number of thioether (sulfide) groups is 1. The fraction of sp³-hybridized carbons (Fsp3) is 0.222. The highest BCUT2D eigenvalue weighted by molar-refractivity contribution is 8.01. The Morgan fingerprint density at radius 1 is 1.28 bits per heavy atom. The fourth-order valence-corrected chi connectivity index (χ4v) is 6.35. The van der Waals surface area contributed by atoms with Gasteiger partial charge in [-0.25, -0.2) is 4.39 Å². The molecule has 0 spiro atoms. The number of methoxy groups -OCH3 is 1. The zero-order valence-corrected chi connectivity index (χ0v) is 22.4. The molecule has 0 saturated heterocycles. The third-order valence-electron chi connectivity index (χ3n) is 6.38. The maximum absolute atomic E-state index is 13.6. The number of benzene rings is 2. The minimum absolute atomic E-state index is 0.0795. The molecular weight excluding hydrogens is 539 g/mol. The summed E-state index contributed by atoms with van der Waals surface area (Å²) in [4.78, 5) is 27.3. The molecule has 1 unspecified atom stereocenters. The Kier molecular flexibility index (Phi) is 7.63. The summed E-state index contributed by atoms with van der Waals surface area (Å²) in [5.74, 6) is -0.509. The molecule has 12 heteroatoms. The van der Waals surface area contributed by atoms with Crippen LogP contribution in [0.15, 0.2) is 75.5 Å². The van der Waals surface area contributed by atoms with E-state index in [0.717, 1.165) is 0 Å². The van der Waals surface area contributed by atoms with E-state index >= 15 is 0 Å². The van der Waals surface area contributed by atoms with E-state index in [1.165, 1.54) is 35.2 Å². The third-order valence-corrected chi connectivity index (χ3v) is 8.43. The van der Waals surface area contributed by atoms with Crippen molar-refractivity contribution in [3.63, 3.8) is 0 Å². The highest BCUT2D eigenvalue weighted by Gasteiger charge is 2.41. The molecule has 198 valence electrons. The molecule has 1 amide bonds. The van der Waals surface area contributed by atoms with Gasteiger partial charge in [0.05, 0.1) is 30.4 Å². The predicted octanol–water partition coefficient (Wildman–Crippen LogP) is 4.72. The summed E-state index contributed by atoms with van der Waals surface area (Å²) in [6.45, 7) is 0. The summed E-state index contributed by atoms with van der Waals surface area (Å²) in [5, 5.41) is 21.8. The standard InChI is InChI=1S/C27H23FN6O3S2/c1-37-18-5-2-4-17(12-18)31-22(36)14-38-27-33-32-26(39-27)34-20-6-3-7-21(35)24(20)23(19(13-29)25(34)30)15-8-10-16(28)11-9-15/h2,4-5,8-12,23H,3,6-7,14,30H2,1H3,(H,31,36). The van der Waals surface area contributed by atoms with Crippen LogP contribution in [-0.2, 0) is 9.59 Å². The molecular formula is C27H23FN6O3S2. The lowest BCUT2D eigenvalue weighted by molar-refractivity contribution is -0.116. The summed E-state index contributed by atoms with van der Waals surface area (Å²) in [6.07, 6.45) is 1.54. The first-order valence-electron chi connectivity index (χ1n) is 12.0. The average Bonchev–Trinajstić information content (AvgIpc) is 3.40. The number of ketones is 1. The maximum atomic E-state index is 13.6. The van der Waals surface area contributed by atoms with Crippen molar-refractivity contribution in [2.75, 3.05) is 23.1 Å². The normalized spacial score (nSPS) is 17.1. The topological polar surface area (TPSA) is 134 Å². The van der Waals surface area contributed by atoms with Gasteiger partial charge in [0.15, 0.2) is 10.1 Å². The molecule has 1 atom stereocenters. The highest BCUT2D eigenvalue weighted by Crippen LogP contribution is 2.47. The van der Waals surface area contributed by atoms with Gasteiger partial charge in [-0.15, -0.1) is 10.2 Å². The summed E-state index contributed by atoms with van der Waals surface area (Å²) in [5.41, 5.74) is 9.11. The number of nitrogens with one attached hydrogen (secondary N) is 1. The zero-order chi connectivity index (χ0) is 27.5. The van der Waals surface area contributed by atoms with Crippen molar-refractivity contribution in [1.82, 2.24) is 10.2 Å². The van der Waals surface area contributed by atoms with Crippen LogP contribution in [0, 0.1) is 17.1 Å². The molecule has 0 radical (unpaired) electrons. The van der Waals surface area contributed by atoms with Crippen molar-refractivity contribution in [3.05, 3.63) is 82.6 Å². The molecule has 39 heavy (non-hydrogen) atoms. The second-order valence-corrected chi connectivity index (χ2v) is 11.0. The number of allylic oxidation sites excluding steroid dienone is 3. The van der Waals surface area contributed by atoms with E-state index in [1.54, 1.807) is 48.4 Å². The van der Waals surface area contributed by atoms with Gasteiger partial charge in [-0.2, -0.15) is 5.26 Å². The second kappa shape index (κ2) is 11.3. The molecule has 2 heterocycles. The van der Waals surface area contributed by atoms with Crippen molar-refractivity contribution >= 4 is 45.6 Å². The Labute approximate surface area is 232 Å². The van der Waals surface area contributed by atoms with Crippen LogP contribution in [0.5, 0.6) is 5.75 Å². The number of carbonyl (C=O) groups is 2. The number of amides is 1. The summed E-state index contributed by atoms with van der Waals surface area (Å²) >= 11 is 2.43. The molecule has 0 saturated carbocycles. The SMILES string of the molecule is COc1cccc(NC(=O)CSc2nnc(N3C(N)=C(C#N)C(c4ccc(F)cc4)C4=C3CCCC4=O)s2)c1. The molecule has 1 aliphatic heterocycles. The number of nitrogens with zero attached hydrogens (tertiary/aromatic N) is 4. The van der Waals surface area contributed by atoms with Gasteiger partial charge in [0.1, 0.15) is 17.4 Å². The van der Waals surface area contributed by atoms with E-state index in [-0.39, 0.29) is 28.8 Å². The minimum atomic E-state index is -0.684. The molecule has 0 bridgehead atoms. The first-order valence-corrected chi connectivity index (χ1v) is 13.8. The number of ether oxygens (including phenoxy) is 1. The minimum Gasteiger partial charge on any atom is -0.497 e. The maximum Gasteiger partial charge on any atom is 0.234 e. The molecule has 1 aliphatic carbocycles. The van der Waals surface area contributed by atoms with E-state index in [1.807, 2.05) is 0 Å². The van der Waals surface area contributed by atoms with Crippen molar-refractivity contribution in [3.8, 4) is 11.8 Å². The van der Waals surface area contributed by atoms with Crippen LogP contribution in [0.3, 0.4) is 0 Å². The molecule has 3 N–H and O–H groups in total. The van der Waals surface area contributed by atoms with E-state index in [9.17, 15) is 19.2 Å². The number of aromatic nitrogens is 2. The Hall–Kier alpha value is -4.21. The number of nitriles is 1. The van der Waals surface area contributed by atoms with Gasteiger partial charge in [-0.1, -0.05) is 41.3 Å². The van der Waals surface area contributed by atoms with Crippen LogP contribution >= 0.6 is 23.1 Å². The van der Waals surface area contributed by atoms with Gasteiger partial charge < -0.3 is 15.8 Å². The smallest absolute Gasteiger partial charge is 0.234 e. The third kappa shape index (κ3) is 5.36. The number of rotatable bonds is 7. The Balaban J connectivity index is 1.40. The monoisotopic (exact) mass is 562 g/mol. The van der Waals surface area contributed by atoms with Gasteiger partial charge in [0.25, 0.3) is 0 Å². The van der Waals surface area contributed by atoms with Crippen molar-refractivity contribution in [2.45, 2.75) is 29.5 Å². The summed E-state index contributed by atoms with van der Waals surface area (Å²) < 4.78 is 19.3. The van der Waals surface area contributed by atoms with E-state index in [4.69, 9.17) is 10.5 Å². The lowest BCUT2D eigenvalue weighted by Crippen LogP contribution is -2.38. The van der Waals surface area contributed by atoms with E-state index in [2.05, 4.69) is 21.6 Å². The Morgan fingerprint density at radius 3 is 2.82 bits per heavy atom. The van der Waals surface area contributed by atoms with Crippen LogP contribution < -0.4 is 20.7 Å². The van der Waals surface area contributed by atoms with Crippen LogP contribution in [0.25, 0.3) is 0 Å². The molecule has 3 aromatic rings. The van der Waals surface area contributed by atoms with Gasteiger partial charge in [-0.3, -0.25) is 14.5 Å². The Bertz CT molecular complexity index is 1540. The summed E-state index contributed by atoms with van der Waals surface area (Å²) in [7, 11) is 1.55. The van der Waals surface area contributed by atoms with E-state index < -0.39 is 11.7 Å². The first-order chi connectivity index (χ1) is 18.9. The quantitative estimate of drug-likeness (QED) is 0.392. The molecule has 1 aromatic heterocycles. The van der Waals surface area contributed by atoms with Gasteiger partial charge >= 0.3 is 0 Å². The number of hydrogen-bond acceptors (Lipinski definition) is 10. The molecule has 2 aliphatic rings. The lowest BCUT2D eigenvalue weighted by atomic mass is 9.76. The van der Waals surface area contributed by atoms with Crippen LogP contribution in [-0.4, -0.2) is 34.8 Å². The van der Waals surface area contributed by atoms with Crippen LogP contribution in [0.2, 0.25) is 0 Å². The lowest BCUT2D eigenvalue weighted by Gasteiger charge is -2.38. The zero-order valence-electron chi connectivity index (χ0n) is 20.8. The predicted molar refractivity (Wildman–Crippen MR) is 147 cm³/mol. The largest absolute Gasteiger partial charge is 0.497 e.